The lowest BCUT2D eigenvalue weighted by molar-refractivity contribution is 0.0574. The van der Waals surface area contributed by atoms with Crippen LogP contribution in [0.3, 0.4) is 0 Å². The Hall–Kier alpha value is -0.120. The second-order valence-electron chi connectivity index (χ2n) is 4.44. The average molecular weight is 214 g/mol. The predicted molar refractivity (Wildman–Crippen MR) is 64.2 cm³/mol. The zero-order valence-electron chi connectivity index (χ0n) is 10.5. The predicted octanol–water partition coefficient (Wildman–Crippen LogP) is 1.49. The molecule has 15 heavy (non-hydrogen) atoms. The van der Waals surface area contributed by atoms with Crippen molar-refractivity contribution in [3.8, 4) is 0 Å². The van der Waals surface area contributed by atoms with Gasteiger partial charge in [0.15, 0.2) is 0 Å². The molecule has 0 amide bonds. The number of hydrogen-bond donors (Lipinski definition) is 1. The highest BCUT2D eigenvalue weighted by Crippen LogP contribution is 2.08. The van der Waals surface area contributed by atoms with Crippen LogP contribution in [0.15, 0.2) is 0 Å². The maximum absolute atomic E-state index is 5.48. The molecule has 0 aromatic rings. The average Bonchev–Trinajstić information content (AvgIpc) is 2.27. The van der Waals surface area contributed by atoms with Crippen molar-refractivity contribution < 1.29 is 4.74 Å². The summed E-state index contributed by atoms with van der Waals surface area (Å²) >= 11 is 0. The van der Waals surface area contributed by atoms with Crippen LogP contribution in [-0.2, 0) is 4.74 Å². The van der Waals surface area contributed by atoms with E-state index in [2.05, 4.69) is 31.0 Å². The topological polar surface area (TPSA) is 24.5 Å². The first kappa shape index (κ1) is 12.9. The van der Waals surface area contributed by atoms with Crippen molar-refractivity contribution in [2.75, 3.05) is 32.8 Å². The minimum Gasteiger partial charge on any atom is -0.380 e. The molecule has 90 valence electrons. The SMILES string of the molecule is CCCC1CN(C(C)COCC)CCN1. The van der Waals surface area contributed by atoms with Gasteiger partial charge in [0.05, 0.1) is 6.61 Å². The molecule has 0 aromatic carbocycles. The van der Waals surface area contributed by atoms with Crippen molar-refractivity contribution >= 4 is 0 Å². The van der Waals surface area contributed by atoms with Crippen LogP contribution in [-0.4, -0.2) is 49.8 Å². The van der Waals surface area contributed by atoms with Gasteiger partial charge < -0.3 is 10.1 Å². The second kappa shape index (κ2) is 7.20. The fourth-order valence-electron chi connectivity index (χ4n) is 2.19. The first-order valence-corrected chi connectivity index (χ1v) is 6.33. The summed E-state index contributed by atoms with van der Waals surface area (Å²) in [4.78, 5) is 2.55. The van der Waals surface area contributed by atoms with Crippen molar-refractivity contribution in [1.29, 1.82) is 0 Å². The van der Waals surface area contributed by atoms with Crippen LogP contribution in [0, 0.1) is 0 Å². The molecule has 1 fully saturated rings. The summed E-state index contributed by atoms with van der Waals surface area (Å²) < 4.78 is 5.48. The van der Waals surface area contributed by atoms with E-state index in [0.717, 1.165) is 26.3 Å². The number of rotatable bonds is 6. The van der Waals surface area contributed by atoms with Gasteiger partial charge in [0.2, 0.25) is 0 Å². The van der Waals surface area contributed by atoms with E-state index < -0.39 is 0 Å². The summed E-state index contributed by atoms with van der Waals surface area (Å²) in [5.74, 6) is 0. The monoisotopic (exact) mass is 214 g/mol. The van der Waals surface area contributed by atoms with Crippen LogP contribution in [0.4, 0.5) is 0 Å². The highest BCUT2D eigenvalue weighted by molar-refractivity contribution is 4.81. The fourth-order valence-corrected chi connectivity index (χ4v) is 2.19. The highest BCUT2D eigenvalue weighted by Gasteiger charge is 2.22. The Morgan fingerprint density at radius 3 is 2.93 bits per heavy atom. The van der Waals surface area contributed by atoms with Gasteiger partial charge >= 0.3 is 0 Å². The molecule has 1 rings (SSSR count). The van der Waals surface area contributed by atoms with Gasteiger partial charge in [-0.2, -0.15) is 0 Å². The largest absolute Gasteiger partial charge is 0.380 e. The van der Waals surface area contributed by atoms with E-state index >= 15 is 0 Å². The summed E-state index contributed by atoms with van der Waals surface area (Å²) in [7, 11) is 0. The summed E-state index contributed by atoms with van der Waals surface area (Å²) in [6.45, 7) is 11.8. The second-order valence-corrected chi connectivity index (χ2v) is 4.44. The van der Waals surface area contributed by atoms with Gasteiger partial charge in [-0.3, -0.25) is 4.90 Å². The van der Waals surface area contributed by atoms with Gasteiger partial charge in [-0.05, 0) is 20.3 Å². The summed E-state index contributed by atoms with van der Waals surface area (Å²) in [5.41, 5.74) is 0. The minimum absolute atomic E-state index is 0.561. The standard InChI is InChI=1S/C12H26N2O/c1-4-6-12-9-14(8-7-13-12)11(3)10-15-5-2/h11-13H,4-10H2,1-3H3. The Morgan fingerprint density at radius 2 is 2.27 bits per heavy atom. The summed E-state index contributed by atoms with van der Waals surface area (Å²) in [6, 6.07) is 1.25. The lowest BCUT2D eigenvalue weighted by atomic mass is 10.1. The van der Waals surface area contributed by atoms with Gasteiger partial charge in [0, 0.05) is 38.3 Å². The fraction of sp³-hybridized carbons (Fsp3) is 1.00. The van der Waals surface area contributed by atoms with Gasteiger partial charge in [0.25, 0.3) is 0 Å². The maximum atomic E-state index is 5.48. The van der Waals surface area contributed by atoms with Gasteiger partial charge in [-0.25, -0.2) is 0 Å². The molecule has 0 spiro atoms. The molecule has 1 N–H and O–H groups in total. The van der Waals surface area contributed by atoms with E-state index in [0.29, 0.717) is 12.1 Å². The van der Waals surface area contributed by atoms with Crippen molar-refractivity contribution in [2.24, 2.45) is 0 Å². The van der Waals surface area contributed by atoms with Crippen LogP contribution >= 0.6 is 0 Å². The van der Waals surface area contributed by atoms with E-state index in [9.17, 15) is 0 Å². The molecule has 0 radical (unpaired) electrons. The Kier molecular flexibility index (Phi) is 6.22. The molecule has 3 heteroatoms. The van der Waals surface area contributed by atoms with Gasteiger partial charge in [-0.1, -0.05) is 13.3 Å². The minimum atomic E-state index is 0.561. The van der Waals surface area contributed by atoms with E-state index in [1.807, 2.05) is 0 Å². The number of nitrogens with one attached hydrogen (secondary N) is 1. The first-order valence-electron chi connectivity index (χ1n) is 6.33. The third kappa shape index (κ3) is 4.49. The number of nitrogens with zero attached hydrogens (tertiary/aromatic N) is 1. The molecule has 1 heterocycles. The third-order valence-electron chi connectivity index (χ3n) is 3.11. The molecule has 3 nitrogen and oxygen atoms in total. The normalized spacial score (nSPS) is 25.4. The molecule has 0 bridgehead atoms. The van der Waals surface area contributed by atoms with Crippen LogP contribution < -0.4 is 5.32 Å². The molecule has 2 unspecified atom stereocenters. The Morgan fingerprint density at radius 1 is 1.47 bits per heavy atom. The van der Waals surface area contributed by atoms with Gasteiger partial charge in [0.1, 0.15) is 0 Å². The van der Waals surface area contributed by atoms with Crippen molar-refractivity contribution in [3.05, 3.63) is 0 Å². The number of piperazine rings is 1. The molecular weight excluding hydrogens is 188 g/mol. The van der Waals surface area contributed by atoms with E-state index in [1.165, 1.54) is 19.4 Å². The smallest absolute Gasteiger partial charge is 0.0619 e. The van der Waals surface area contributed by atoms with Crippen molar-refractivity contribution in [1.82, 2.24) is 10.2 Å². The number of ether oxygens (including phenoxy) is 1. The van der Waals surface area contributed by atoms with Crippen LogP contribution in [0.1, 0.15) is 33.6 Å². The molecule has 2 atom stereocenters. The zero-order valence-corrected chi connectivity index (χ0v) is 10.5. The third-order valence-corrected chi connectivity index (χ3v) is 3.11. The highest BCUT2D eigenvalue weighted by atomic mass is 16.5. The van der Waals surface area contributed by atoms with Crippen LogP contribution in [0.5, 0.6) is 0 Å². The summed E-state index contributed by atoms with van der Waals surface area (Å²) in [6.07, 6.45) is 2.56. The Bertz CT molecular complexity index is 162. The molecule has 0 saturated carbocycles. The molecule has 0 aliphatic carbocycles. The van der Waals surface area contributed by atoms with Crippen LogP contribution in [0.2, 0.25) is 0 Å². The molecule has 1 aliphatic rings. The van der Waals surface area contributed by atoms with Crippen LogP contribution in [0.25, 0.3) is 0 Å². The lowest BCUT2D eigenvalue weighted by Crippen LogP contribution is -2.54. The molecule has 1 aliphatic heterocycles. The zero-order chi connectivity index (χ0) is 11.1. The maximum Gasteiger partial charge on any atom is 0.0619 e. The Balaban J connectivity index is 2.27. The first-order chi connectivity index (χ1) is 7.27. The summed E-state index contributed by atoms with van der Waals surface area (Å²) in [5, 5.41) is 3.58. The molecule has 1 saturated heterocycles. The van der Waals surface area contributed by atoms with E-state index in [-0.39, 0.29) is 0 Å². The lowest BCUT2D eigenvalue weighted by Gasteiger charge is -2.37. The Labute approximate surface area is 94.2 Å². The van der Waals surface area contributed by atoms with Crippen molar-refractivity contribution in [2.45, 2.75) is 45.7 Å². The molecular formula is C12H26N2O. The van der Waals surface area contributed by atoms with Gasteiger partial charge in [-0.15, -0.1) is 0 Å². The van der Waals surface area contributed by atoms with Crippen molar-refractivity contribution in [3.63, 3.8) is 0 Å². The van der Waals surface area contributed by atoms with E-state index in [4.69, 9.17) is 4.74 Å². The molecule has 0 aromatic heterocycles. The quantitative estimate of drug-likeness (QED) is 0.725. The van der Waals surface area contributed by atoms with E-state index in [1.54, 1.807) is 0 Å². The number of hydrogen-bond acceptors (Lipinski definition) is 3.